The molecule has 1 rings (SSSR count). The van der Waals surface area contributed by atoms with Gasteiger partial charge in [0, 0.05) is 10.9 Å². The molecule has 0 aliphatic heterocycles. The highest BCUT2D eigenvalue weighted by Crippen LogP contribution is 2.21. The van der Waals surface area contributed by atoms with E-state index in [0.29, 0.717) is 5.56 Å². The Morgan fingerprint density at radius 2 is 2.44 bits per heavy atom. The van der Waals surface area contributed by atoms with Gasteiger partial charge in [0.2, 0.25) is 0 Å². The fourth-order valence-corrected chi connectivity index (χ4v) is 1.34. The molecule has 0 aliphatic rings. The zero-order valence-corrected chi connectivity index (χ0v) is 5.87. The Balaban J connectivity index is 3.18. The van der Waals surface area contributed by atoms with Gasteiger partial charge in [-0.05, 0) is 12.5 Å². The van der Waals surface area contributed by atoms with Crippen molar-refractivity contribution in [2.45, 2.75) is 6.92 Å². The van der Waals surface area contributed by atoms with Crippen molar-refractivity contribution in [3.63, 3.8) is 0 Å². The van der Waals surface area contributed by atoms with E-state index in [2.05, 4.69) is 0 Å². The van der Waals surface area contributed by atoms with Gasteiger partial charge in [0.15, 0.2) is 6.29 Å². The number of carbonyl (C=O) groups is 1. The number of anilines is 1. The Bertz CT molecular complexity index is 229. The standard InChI is InChI=1S/C6H7NOS/c1-4-5(2-8)3-9-6(4)7/h2-3H,7H2,1H3. The topological polar surface area (TPSA) is 43.1 Å². The van der Waals surface area contributed by atoms with Crippen LogP contribution >= 0.6 is 11.3 Å². The zero-order valence-electron chi connectivity index (χ0n) is 5.05. The average molecular weight is 141 g/mol. The van der Waals surface area contributed by atoms with Gasteiger partial charge in [-0.1, -0.05) is 0 Å². The molecule has 2 nitrogen and oxygen atoms in total. The van der Waals surface area contributed by atoms with Crippen LogP contribution in [-0.2, 0) is 0 Å². The molecule has 0 atom stereocenters. The second kappa shape index (κ2) is 2.19. The first-order chi connectivity index (χ1) is 4.25. The molecule has 48 valence electrons. The maximum atomic E-state index is 10.2. The lowest BCUT2D eigenvalue weighted by atomic mass is 10.2. The van der Waals surface area contributed by atoms with E-state index in [0.717, 1.165) is 16.9 Å². The summed E-state index contributed by atoms with van der Waals surface area (Å²) in [6.07, 6.45) is 0.822. The Hall–Kier alpha value is -0.830. The van der Waals surface area contributed by atoms with Crippen molar-refractivity contribution >= 4 is 22.6 Å². The molecule has 0 saturated carbocycles. The molecule has 0 radical (unpaired) electrons. The Morgan fingerprint density at radius 1 is 1.78 bits per heavy atom. The molecule has 0 amide bonds. The molecule has 3 heteroatoms. The largest absolute Gasteiger partial charge is 0.390 e. The fraction of sp³-hybridized carbons (Fsp3) is 0.167. The minimum Gasteiger partial charge on any atom is -0.390 e. The molecule has 1 aromatic rings. The second-order valence-corrected chi connectivity index (χ2v) is 2.71. The van der Waals surface area contributed by atoms with Crippen molar-refractivity contribution in [3.8, 4) is 0 Å². The maximum Gasteiger partial charge on any atom is 0.151 e. The van der Waals surface area contributed by atoms with Crippen molar-refractivity contribution in [3.05, 3.63) is 16.5 Å². The maximum absolute atomic E-state index is 10.2. The van der Waals surface area contributed by atoms with Crippen LogP contribution < -0.4 is 5.73 Å². The third-order valence-electron chi connectivity index (χ3n) is 1.24. The molecule has 0 unspecified atom stereocenters. The first-order valence-electron chi connectivity index (χ1n) is 2.54. The van der Waals surface area contributed by atoms with Gasteiger partial charge in [-0.15, -0.1) is 11.3 Å². The summed E-state index contributed by atoms with van der Waals surface area (Å²) in [7, 11) is 0. The summed E-state index contributed by atoms with van der Waals surface area (Å²) in [5, 5.41) is 2.50. The summed E-state index contributed by atoms with van der Waals surface area (Å²) in [6, 6.07) is 0. The molecular formula is C6H7NOS. The lowest BCUT2D eigenvalue weighted by molar-refractivity contribution is 0.112. The van der Waals surface area contributed by atoms with Crippen molar-refractivity contribution in [1.29, 1.82) is 0 Å². The lowest BCUT2D eigenvalue weighted by Gasteiger charge is -1.86. The summed E-state index contributed by atoms with van der Waals surface area (Å²) in [5.74, 6) is 0. The SMILES string of the molecule is Cc1c(C=O)csc1N. The first kappa shape index (κ1) is 6.29. The third-order valence-corrected chi connectivity index (χ3v) is 2.17. The van der Waals surface area contributed by atoms with Gasteiger partial charge in [-0.25, -0.2) is 0 Å². The number of rotatable bonds is 1. The number of nitrogens with two attached hydrogens (primary N) is 1. The number of carbonyl (C=O) groups excluding carboxylic acids is 1. The lowest BCUT2D eigenvalue weighted by Crippen LogP contribution is -1.84. The van der Waals surface area contributed by atoms with Gasteiger partial charge in [0.25, 0.3) is 0 Å². The molecule has 0 fully saturated rings. The van der Waals surface area contributed by atoms with E-state index in [4.69, 9.17) is 5.73 Å². The van der Waals surface area contributed by atoms with Crippen LogP contribution in [0.25, 0.3) is 0 Å². The summed E-state index contributed by atoms with van der Waals surface area (Å²) >= 11 is 1.40. The second-order valence-electron chi connectivity index (χ2n) is 1.80. The van der Waals surface area contributed by atoms with Crippen molar-refractivity contribution in [1.82, 2.24) is 0 Å². The summed E-state index contributed by atoms with van der Waals surface area (Å²) in [4.78, 5) is 10.2. The summed E-state index contributed by atoms with van der Waals surface area (Å²) in [6.45, 7) is 1.84. The van der Waals surface area contributed by atoms with Gasteiger partial charge in [0.1, 0.15) is 0 Å². The van der Waals surface area contributed by atoms with Gasteiger partial charge >= 0.3 is 0 Å². The molecule has 2 N–H and O–H groups in total. The minimum atomic E-state index is 0.706. The molecule has 0 aliphatic carbocycles. The van der Waals surface area contributed by atoms with E-state index in [9.17, 15) is 4.79 Å². The Morgan fingerprint density at radius 3 is 2.67 bits per heavy atom. The highest BCUT2D eigenvalue weighted by molar-refractivity contribution is 7.14. The van der Waals surface area contributed by atoms with E-state index >= 15 is 0 Å². The van der Waals surface area contributed by atoms with Crippen LogP contribution in [-0.4, -0.2) is 6.29 Å². The number of aldehydes is 1. The van der Waals surface area contributed by atoms with E-state index in [-0.39, 0.29) is 0 Å². The zero-order chi connectivity index (χ0) is 6.85. The van der Waals surface area contributed by atoms with Crippen LogP contribution in [0.1, 0.15) is 15.9 Å². The number of thiophene rings is 1. The van der Waals surface area contributed by atoms with E-state index in [1.54, 1.807) is 5.38 Å². The van der Waals surface area contributed by atoms with Crippen LogP contribution in [0, 0.1) is 6.92 Å². The predicted molar refractivity (Wildman–Crippen MR) is 38.9 cm³/mol. The highest BCUT2D eigenvalue weighted by Gasteiger charge is 2.00. The average Bonchev–Trinajstić information content (AvgIpc) is 2.15. The molecule has 0 bridgehead atoms. The number of hydrogen-bond donors (Lipinski definition) is 1. The molecular weight excluding hydrogens is 134 g/mol. The minimum absolute atomic E-state index is 0.706. The van der Waals surface area contributed by atoms with Gasteiger partial charge < -0.3 is 5.73 Å². The Labute approximate surface area is 57.3 Å². The van der Waals surface area contributed by atoms with Gasteiger partial charge in [-0.3, -0.25) is 4.79 Å². The van der Waals surface area contributed by atoms with Crippen LogP contribution in [0.15, 0.2) is 5.38 Å². The Kier molecular flexibility index (Phi) is 1.53. The molecule has 0 spiro atoms. The summed E-state index contributed by atoms with van der Waals surface area (Å²) in [5.41, 5.74) is 7.08. The van der Waals surface area contributed by atoms with E-state index in [1.165, 1.54) is 11.3 Å². The normalized spacial score (nSPS) is 9.44. The van der Waals surface area contributed by atoms with Gasteiger partial charge in [-0.2, -0.15) is 0 Å². The van der Waals surface area contributed by atoms with Crippen molar-refractivity contribution in [2.24, 2.45) is 0 Å². The van der Waals surface area contributed by atoms with Crippen molar-refractivity contribution < 1.29 is 4.79 Å². The number of nitrogen functional groups attached to an aromatic ring is 1. The molecule has 1 heterocycles. The number of hydrogen-bond acceptors (Lipinski definition) is 3. The van der Waals surface area contributed by atoms with Crippen LogP contribution in [0.4, 0.5) is 5.00 Å². The molecule has 0 aromatic carbocycles. The molecule has 9 heavy (non-hydrogen) atoms. The monoisotopic (exact) mass is 141 g/mol. The van der Waals surface area contributed by atoms with Crippen LogP contribution in [0.2, 0.25) is 0 Å². The van der Waals surface area contributed by atoms with Gasteiger partial charge in [0.05, 0.1) is 5.00 Å². The first-order valence-corrected chi connectivity index (χ1v) is 3.42. The highest BCUT2D eigenvalue weighted by atomic mass is 32.1. The van der Waals surface area contributed by atoms with E-state index < -0.39 is 0 Å². The molecule has 0 saturated heterocycles. The van der Waals surface area contributed by atoms with Crippen LogP contribution in [0.5, 0.6) is 0 Å². The quantitative estimate of drug-likeness (QED) is 0.601. The van der Waals surface area contributed by atoms with Crippen molar-refractivity contribution in [2.75, 3.05) is 5.73 Å². The summed E-state index contributed by atoms with van der Waals surface area (Å²) < 4.78 is 0. The predicted octanol–water partition coefficient (Wildman–Crippen LogP) is 1.45. The third kappa shape index (κ3) is 0.954. The van der Waals surface area contributed by atoms with Crippen LogP contribution in [0.3, 0.4) is 0 Å². The fourth-order valence-electron chi connectivity index (χ4n) is 0.562. The molecule has 1 aromatic heterocycles. The van der Waals surface area contributed by atoms with E-state index in [1.807, 2.05) is 6.92 Å². The smallest absolute Gasteiger partial charge is 0.151 e.